The molecule has 0 bridgehead atoms. The molecule has 2 aromatic carbocycles. The summed E-state index contributed by atoms with van der Waals surface area (Å²) < 4.78 is 0. The molecule has 0 unspecified atom stereocenters. The summed E-state index contributed by atoms with van der Waals surface area (Å²) in [5.74, 6) is -1.28. The van der Waals surface area contributed by atoms with Crippen LogP contribution in [0, 0.1) is 13.8 Å². The monoisotopic (exact) mass is 411 g/mol. The first kappa shape index (κ1) is 19.1. The van der Waals surface area contributed by atoms with Gasteiger partial charge in [-0.25, -0.2) is 4.90 Å². The summed E-state index contributed by atoms with van der Waals surface area (Å²) in [7, 11) is 0. The summed E-state index contributed by atoms with van der Waals surface area (Å²) in [5.41, 5.74) is 3.12. The highest BCUT2D eigenvalue weighted by Gasteiger charge is 2.55. The molecule has 2 aliphatic rings. The van der Waals surface area contributed by atoms with Crippen LogP contribution < -0.4 is 10.2 Å². The zero-order chi connectivity index (χ0) is 20.7. The van der Waals surface area contributed by atoms with E-state index in [-0.39, 0.29) is 12.5 Å². The molecule has 1 saturated heterocycles. The minimum atomic E-state index is -0.952. The van der Waals surface area contributed by atoms with E-state index >= 15 is 0 Å². The first-order valence-corrected chi connectivity index (χ1v) is 9.41. The maximum atomic E-state index is 12.9. The molecule has 0 saturated carbocycles. The Bertz CT molecular complexity index is 1040. The molecular weight excluding hydrogens is 394 g/mol. The molecule has 148 valence electrons. The molecule has 9 heteroatoms. The van der Waals surface area contributed by atoms with Gasteiger partial charge in [-0.2, -0.15) is 5.11 Å². The summed E-state index contributed by atoms with van der Waals surface area (Å²) in [6, 6.07) is 10.2. The normalized spacial score (nSPS) is 20.4. The van der Waals surface area contributed by atoms with Gasteiger partial charge < -0.3 is 5.32 Å². The molecule has 2 aliphatic heterocycles. The van der Waals surface area contributed by atoms with Gasteiger partial charge in [0.25, 0.3) is 11.8 Å². The van der Waals surface area contributed by atoms with E-state index in [2.05, 4.69) is 15.7 Å². The predicted octanol–water partition coefficient (Wildman–Crippen LogP) is 2.89. The van der Waals surface area contributed by atoms with E-state index in [1.165, 1.54) is 5.01 Å². The number of fused-ring (bicyclic) bond motifs is 1. The second-order valence-electron chi connectivity index (χ2n) is 7.05. The van der Waals surface area contributed by atoms with E-state index in [1.54, 1.807) is 24.3 Å². The van der Waals surface area contributed by atoms with Crippen LogP contribution in [0.1, 0.15) is 11.1 Å². The van der Waals surface area contributed by atoms with Crippen molar-refractivity contribution >= 4 is 40.7 Å². The summed E-state index contributed by atoms with van der Waals surface area (Å²) in [6.07, 6.45) is 0. The van der Waals surface area contributed by atoms with Gasteiger partial charge in [-0.3, -0.25) is 19.4 Å². The number of carbonyl (C=O) groups is 3. The Balaban J connectivity index is 1.49. The lowest BCUT2D eigenvalue weighted by Crippen LogP contribution is -2.43. The first-order valence-electron chi connectivity index (χ1n) is 9.03. The van der Waals surface area contributed by atoms with Crippen molar-refractivity contribution in [1.29, 1.82) is 0 Å². The van der Waals surface area contributed by atoms with Gasteiger partial charge in [-0.05, 0) is 49.7 Å². The summed E-state index contributed by atoms with van der Waals surface area (Å²) in [4.78, 5) is 39.1. The molecule has 2 heterocycles. The Morgan fingerprint density at radius 1 is 1.10 bits per heavy atom. The fourth-order valence-electron chi connectivity index (χ4n) is 3.49. The smallest absolute Gasteiger partial charge is 0.263 e. The van der Waals surface area contributed by atoms with Crippen molar-refractivity contribution in [2.75, 3.05) is 16.8 Å². The minimum Gasteiger partial charge on any atom is -0.324 e. The van der Waals surface area contributed by atoms with Crippen LogP contribution >= 0.6 is 11.6 Å². The quantitative estimate of drug-likeness (QED) is 0.782. The number of anilines is 2. The van der Waals surface area contributed by atoms with E-state index in [4.69, 9.17) is 11.6 Å². The average Bonchev–Trinajstić information content (AvgIpc) is 3.19. The van der Waals surface area contributed by atoms with Crippen molar-refractivity contribution in [2.45, 2.75) is 25.9 Å². The van der Waals surface area contributed by atoms with E-state index in [1.807, 2.05) is 32.0 Å². The van der Waals surface area contributed by atoms with Crippen molar-refractivity contribution < 1.29 is 14.4 Å². The molecule has 1 fully saturated rings. The maximum absolute atomic E-state index is 12.9. The lowest BCUT2D eigenvalue weighted by Gasteiger charge is -2.20. The molecule has 0 aliphatic carbocycles. The third-order valence-electron chi connectivity index (χ3n) is 4.90. The molecule has 4 rings (SSSR count). The molecule has 0 spiro atoms. The van der Waals surface area contributed by atoms with Gasteiger partial charge >= 0.3 is 0 Å². The molecule has 0 aromatic heterocycles. The van der Waals surface area contributed by atoms with Crippen molar-refractivity contribution in [3.63, 3.8) is 0 Å². The van der Waals surface area contributed by atoms with E-state index in [9.17, 15) is 14.4 Å². The van der Waals surface area contributed by atoms with Gasteiger partial charge in [0.15, 0.2) is 12.1 Å². The molecule has 29 heavy (non-hydrogen) atoms. The fraction of sp³-hybridized carbons (Fsp3) is 0.250. The number of amides is 3. The number of aryl methyl sites for hydroxylation is 2. The SMILES string of the molecule is Cc1ccc(NC(=O)CN2N=N[C@@H]3C(=O)N(c4ccc(Cl)cc4)C(=O)[C@H]32)c(C)c1. The highest BCUT2D eigenvalue weighted by Crippen LogP contribution is 2.32. The zero-order valence-electron chi connectivity index (χ0n) is 15.8. The third-order valence-corrected chi connectivity index (χ3v) is 5.16. The summed E-state index contributed by atoms with van der Waals surface area (Å²) >= 11 is 5.88. The maximum Gasteiger partial charge on any atom is 0.263 e. The van der Waals surface area contributed by atoms with Crippen LogP contribution in [0.4, 0.5) is 11.4 Å². The minimum absolute atomic E-state index is 0.189. The Hall–Kier alpha value is -3.26. The summed E-state index contributed by atoms with van der Waals surface area (Å²) in [6.45, 7) is 3.68. The largest absolute Gasteiger partial charge is 0.324 e. The average molecular weight is 412 g/mol. The molecule has 8 nitrogen and oxygen atoms in total. The zero-order valence-corrected chi connectivity index (χ0v) is 16.6. The third kappa shape index (κ3) is 3.47. The topological polar surface area (TPSA) is 94.4 Å². The Morgan fingerprint density at radius 2 is 1.83 bits per heavy atom. The molecular formula is C20H18ClN5O3. The standard InChI is InChI=1S/C20H18ClN5O3/c1-11-3-8-15(12(2)9-11)22-16(27)10-25-18-17(23-24-25)19(28)26(20(18)29)14-6-4-13(21)5-7-14/h3-9,17-18H,10H2,1-2H3,(H,22,27)/t17-,18-/m0/s1. The highest BCUT2D eigenvalue weighted by molar-refractivity contribution is 6.31. The number of nitrogens with one attached hydrogen (secondary N) is 1. The lowest BCUT2D eigenvalue weighted by molar-refractivity contribution is -0.123. The van der Waals surface area contributed by atoms with Crippen LogP contribution in [0.5, 0.6) is 0 Å². The molecule has 0 radical (unpaired) electrons. The van der Waals surface area contributed by atoms with Crippen LogP contribution in [-0.4, -0.2) is 41.4 Å². The van der Waals surface area contributed by atoms with Gasteiger partial charge in [-0.1, -0.05) is 34.5 Å². The molecule has 2 aromatic rings. The van der Waals surface area contributed by atoms with E-state index in [0.29, 0.717) is 16.4 Å². The van der Waals surface area contributed by atoms with Crippen molar-refractivity contribution in [2.24, 2.45) is 10.3 Å². The fourth-order valence-corrected chi connectivity index (χ4v) is 3.62. The number of halogens is 1. The van der Waals surface area contributed by atoms with Crippen molar-refractivity contribution in [3.05, 3.63) is 58.6 Å². The van der Waals surface area contributed by atoms with Gasteiger partial charge in [0.05, 0.1) is 5.69 Å². The number of hydrogen-bond acceptors (Lipinski definition) is 6. The Labute approximate surface area is 172 Å². The first-order chi connectivity index (χ1) is 13.8. The second kappa shape index (κ2) is 7.29. The number of carbonyl (C=O) groups excluding carboxylic acids is 3. The van der Waals surface area contributed by atoms with Crippen LogP contribution in [-0.2, 0) is 14.4 Å². The van der Waals surface area contributed by atoms with Gasteiger partial charge in [0.1, 0.15) is 6.54 Å². The van der Waals surface area contributed by atoms with Crippen LogP contribution in [0.15, 0.2) is 52.8 Å². The van der Waals surface area contributed by atoms with Crippen LogP contribution in [0.2, 0.25) is 5.02 Å². The van der Waals surface area contributed by atoms with Gasteiger partial charge in [-0.15, -0.1) is 0 Å². The lowest BCUT2D eigenvalue weighted by atomic mass is 10.1. The van der Waals surface area contributed by atoms with E-state index in [0.717, 1.165) is 16.0 Å². The second-order valence-corrected chi connectivity index (χ2v) is 7.48. The number of imide groups is 1. The van der Waals surface area contributed by atoms with Crippen LogP contribution in [0.25, 0.3) is 0 Å². The van der Waals surface area contributed by atoms with Crippen molar-refractivity contribution in [3.8, 4) is 0 Å². The van der Waals surface area contributed by atoms with E-state index < -0.39 is 23.9 Å². The number of rotatable bonds is 4. The molecule has 3 amide bonds. The Morgan fingerprint density at radius 3 is 2.52 bits per heavy atom. The Kier molecular flexibility index (Phi) is 4.79. The number of hydrogen-bond donors (Lipinski definition) is 1. The van der Waals surface area contributed by atoms with Crippen LogP contribution in [0.3, 0.4) is 0 Å². The number of nitrogens with zero attached hydrogens (tertiary/aromatic N) is 4. The summed E-state index contributed by atoms with van der Waals surface area (Å²) in [5, 5.41) is 12.4. The highest BCUT2D eigenvalue weighted by atomic mass is 35.5. The van der Waals surface area contributed by atoms with Gasteiger partial charge in [0, 0.05) is 10.7 Å². The van der Waals surface area contributed by atoms with Gasteiger partial charge in [0.2, 0.25) is 5.91 Å². The predicted molar refractivity (Wildman–Crippen MR) is 108 cm³/mol. The van der Waals surface area contributed by atoms with Crippen molar-refractivity contribution in [1.82, 2.24) is 5.01 Å². The molecule has 1 N–H and O–H groups in total. The molecule has 2 atom stereocenters. The number of benzene rings is 2.